The van der Waals surface area contributed by atoms with E-state index in [0.29, 0.717) is 67.3 Å². The summed E-state index contributed by atoms with van der Waals surface area (Å²) >= 11 is 7.57. The van der Waals surface area contributed by atoms with Crippen LogP contribution in [0.5, 0.6) is 23.0 Å². The molecule has 3 aromatic carbocycles. The zero-order chi connectivity index (χ0) is 26.5. The van der Waals surface area contributed by atoms with Crippen molar-refractivity contribution in [2.75, 3.05) is 28.4 Å². The summed E-state index contributed by atoms with van der Waals surface area (Å²) in [7, 11) is 6.17. The molecule has 37 heavy (non-hydrogen) atoms. The second-order valence-corrected chi connectivity index (χ2v) is 9.45. The van der Waals surface area contributed by atoms with Crippen LogP contribution in [0.2, 0.25) is 5.02 Å². The predicted octanol–water partition coefficient (Wildman–Crippen LogP) is 6.72. The van der Waals surface area contributed by atoms with Crippen LogP contribution in [0.15, 0.2) is 54.6 Å². The number of aromatic nitrogens is 1. The zero-order valence-corrected chi connectivity index (χ0v) is 22.4. The van der Waals surface area contributed by atoms with Crippen molar-refractivity contribution < 1.29 is 28.8 Å². The highest BCUT2D eigenvalue weighted by Gasteiger charge is 2.24. The third-order valence-corrected chi connectivity index (χ3v) is 7.14. The van der Waals surface area contributed by atoms with Gasteiger partial charge in [0, 0.05) is 33.5 Å². The van der Waals surface area contributed by atoms with Crippen molar-refractivity contribution >= 4 is 40.2 Å². The summed E-state index contributed by atoms with van der Waals surface area (Å²) in [4.78, 5) is 17.5. The van der Waals surface area contributed by atoms with Crippen LogP contribution >= 0.6 is 23.4 Å². The molecule has 7 nitrogen and oxygen atoms in total. The van der Waals surface area contributed by atoms with E-state index in [0.717, 1.165) is 5.56 Å². The second-order valence-electron chi connectivity index (χ2n) is 8.03. The molecule has 0 bridgehead atoms. The quantitative estimate of drug-likeness (QED) is 0.237. The summed E-state index contributed by atoms with van der Waals surface area (Å²) < 4.78 is 21.9. The second kappa shape index (κ2) is 11.6. The van der Waals surface area contributed by atoms with Crippen LogP contribution in [0.1, 0.15) is 21.6 Å². The first-order valence-electron chi connectivity index (χ1n) is 11.3. The molecule has 1 heterocycles. The van der Waals surface area contributed by atoms with Crippen molar-refractivity contribution in [2.45, 2.75) is 11.5 Å². The molecule has 0 radical (unpaired) electrons. The molecule has 4 rings (SSSR count). The van der Waals surface area contributed by atoms with Gasteiger partial charge in [-0.05, 0) is 41.5 Å². The number of thioether (sulfide) groups is 1. The topological polar surface area (TPSA) is 87.1 Å². The highest BCUT2D eigenvalue weighted by atomic mass is 35.5. The van der Waals surface area contributed by atoms with Crippen LogP contribution in [0.3, 0.4) is 0 Å². The molecule has 0 saturated carbocycles. The van der Waals surface area contributed by atoms with Crippen molar-refractivity contribution in [2.24, 2.45) is 0 Å². The van der Waals surface area contributed by atoms with Crippen molar-refractivity contribution in [1.82, 2.24) is 4.98 Å². The number of ether oxygens (including phenoxy) is 4. The van der Waals surface area contributed by atoms with E-state index in [1.54, 1.807) is 50.2 Å². The smallest absolute Gasteiger partial charge is 0.338 e. The fraction of sp³-hybridized carbons (Fsp3) is 0.214. The molecule has 1 aromatic heterocycles. The monoisotopic (exact) mass is 539 g/mol. The van der Waals surface area contributed by atoms with Crippen molar-refractivity contribution in [3.63, 3.8) is 0 Å². The van der Waals surface area contributed by atoms with Gasteiger partial charge < -0.3 is 24.1 Å². The number of methoxy groups -OCH3 is 4. The Morgan fingerprint density at radius 3 is 2.08 bits per heavy atom. The number of fused-ring (bicyclic) bond motifs is 1. The number of carboxylic acid groups (broad SMARTS) is 1. The summed E-state index contributed by atoms with van der Waals surface area (Å²) in [6.07, 6.45) is 0. The van der Waals surface area contributed by atoms with E-state index in [4.69, 9.17) is 35.5 Å². The van der Waals surface area contributed by atoms with Gasteiger partial charge in [-0.2, -0.15) is 11.8 Å². The first-order valence-corrected chi connectivity index (χ1v) is 12.8. The summed E-state index contributed by atoms with van der Waals surface area (Å²) in [5, 5.41) is 11.7. The normalized spacial score (nSPS) is 10.8. The third-order valence-electron chi connectivity index (χ3n) is 5.87. The number of carbonyl (C=O) groups is 1. The molecule has 4 aromatic rings. The molecule has 0 fully saturated rings. The minimum atomic E-state index is -1.07. The molecule has 0 unspecified atom stereocenters. The molecule has 0 amide bonds. The van der Waals surface area contributed by atoms with Gasteiger partial charge in [0.05, 0.1) is 45.2 Å². The lowest BCUT2D eigenvalue weighted by molar-refractivity contribution is 0.0696. The van der Waals surface area contributed by atoms with Gasteiger partial charge in [0.25, 0.3) is 0 Å². The molecule has 0 aliphatic carbocycles. The molecule has 192 valence electrons. The largest absolute Gasteiger partial charge is 0.493 e. The average molecular weight is 540 g/mol. The van der Waals surface area contributed by atoms with Crippen LogP contribution in [-0.4, -0.2) is 44.5 Å². The van der Waals surface area contributed by atoms with Gasteiger partial charge >= 0.3 is 5.97 Å². The summed E-state index contributed by atoms with van der Waals surface area (Å²) in [6, 6.07) is 16.4. The Labute approximate surface area is 224 Å². The fourth-order valence-electron chi connectivity index (χ4n) is 4.11. The Hall–Kier alpha value is -3.62. The SMILES string of the molecule is COc1ccc(-c2c(C(=O)O)c(CSCc3ccc(Cl)cc3)nc3cc(OC)c(OC)cc23)cc1OC. The minimum Gasteiger partial charge on any atom is -0.493 e. The van der Waals surface area contributed by atoms with E-state index in [1.807, 2.05) is 30.3 Å². The van der Waals surface area contributed by atoms with Gasteiger partial charge in [-0.3, -0.25) is 4.98 Å². The maximum Gasteiger partial charge on any atom is 0.338 e. The number of pyridine rings is 1. The maximum absolute atomic E-state index is 12.7. The third kappa shape index (κ3) is 5.55. The summed E-state index contributed by atoms with van der Waals surface area (Å²) in [6.45, 7) is 0. The Balaban J connectivity index is 1.91. The van der Waals surface area contributed by atoms with Crippen molar-refractivity contribution in [1.29, 1.82) is 0 Å². The lowest BCUT2D eigenvalue weighted by Crippen LogP contribution is -2.09. The Kier molecular flexibility index (Phi) is 8.31. The summed E-state index contributed by atoms with van der Waals surface area (Å²) in [5.74, 6) is 1.99. The van der Waals surface area contributed by atoms with E-state index in [2.05, 4.69) is 0 Å². The standard InChI is InChI=1S/C28H26ClNO6S/c1-33-22-10-7-17(11-23(22)34-2)26-19-12-24(35-3)25(36-4)13-20(19)30-21(27(26)28(31)32)15-37-14-16-5-8-18(29)9-6-16/h5-13H,14-15H2,1-4H3,(H,31,32). The van der Waals surface area contributed by atoms with Crippen molar-refractivity contribution in [3.05, 3.63) is 76.4 Å². The van der Waals surface area contributed by atoms with E-state index < -0.39 is 5.97 Å². The number of halogens is 1. The maximum atomic E-state index is 12.7. The Bertz CT molecular complexity index is 1440. The van der Waals surface area contributed by atoms with E-state index in [1.165, 1.54) is 14.2 Å². The van der Waals surface area contributed by atoms with Crippen LogP contribution in [-0.2, 0) is 11.5 Å². The average Bonchev–Trinajstić information content (AvgIpc) is 2.91. The van der Waals surface area contributed by atoms with E-state index in [-0.39, 0.29) is 5.56 Å². The highest BCUT2D eigenvalue weighted by molar-refractivity contribution is 7.97. The zero-order valence-electron chi connectivity index (χ0n) is 20.8. The van der Waals surface area contributed by atoms with Gasteiger partial charge in [-0.1, -0.05) is 29.8 Å². The summed E-state index contributed by atoms with van der Waals surface area (Å²) in [5.41, 5.74) is 3.42. The lowest BCUT2D eigenvalue weighted by atomic mass is 9.93. The number of hydrogen-bond acceptors (Lipinski definition) is 7. The number of benzene rings is 3. The number of rotatable bonds is 10. The minimum absolute atomic E-state index is 0.121. The molecule has 0 spiro atoms. The molecular formula is C28H26ClNO6S. The number of hydrogen-bond donors (Lipinski definition) is 1. The molecule has 9 heteroatoms. The molecule has 0 aliphatic heterocycles. The Morgan fingerprint density at radius 2 is 1.46 bits per heavy atom. The molecule has 0 atom stereocenters. The van der Waals surface area contributed by atoms with Gasteiger partial charge in [-0.15, -0.1) is 0 Å². The lowest BCUT2D eigenvalue weighted by Gasteiger charge is -2.18. The number of aromatic carboxylic acids is 1. The molecule has 0 aliphatic rings. The van der Waals surface area contributed by atoms with E-state index in [9.17, 15) is 9.90 Å². The first-order chi connectivity index (χ1) is 17.9. The van der Waals surface area contributed by atoms with Crippen LogP contribution in [0.25, 0.3) is 22.0 Å². The highest BCUT2D eigenvalue weighted by Crippen LogP contribution is 2.42. The van der Waals surface area contributed by atoms with Crippen LogP contribution < -0.4 is 18.9 Å². The van der Waals surface area contributed by atoms with Gasteiger partial charge in [0.2, 0.25) is 0 Å². The van der Waals surface area contributed by atoms with Crippen LogP contribution in [0.4, 0.5) is 0 Å². The molecular weight excluding hydrogens is 514 g/mol. The first kappa shape index (κ1) is 26.4. The van der Waals surface area contributed by atoms with E-state index >= 15 is 0 Å². The predicted molar refractivity (Wildman–Crippen MR) is 147 cm³/mol. The number of nitrogens with zero attached hydrogens (tertiary/aromatic N) is 1. The molecule has 0 saturated heterocycles. The van der Waals surface area contributed by atoms with Gasteiger partial charge in [0.15, 0.2) is 23.0 Å². The Morgan fingerprint density at radius 1 is 0.838 bits per heavy atom. The number of carboxylic acids is 1. The van der Waals surface area contributed by atoms with Crippen LogP contribution in [0, 0.1) is 0 Å². The van der Waals surface area contributed by atoms with Gasteiger partial charge in [-0.25, -0.2) is 4.79 Å². The van der Waals surface area contributed by atoms with Gasteiger partial charge in [0.1, 0.15) is 0 Å². The molecule has 1 N–H and O–H groups in total. The fourth-order valence-corrected chi connectivity index (χ4v) is 5.17. The van der Waals surface area contributed by atoms with Crippen molar-refractivity contribution in [3.8, 4) is 34.1 Å².